The highest BCUT2D eigenvalue weighted by atomic mass is 16.1. The van der Waals surface area contributed by atoms with E-state index < -0.39 is 0 Å². The first-order chi connectivity index (χ1) is 6.42. The van der Waals surface area contributed by atoms with Crippen LogP contribution in [0.1, 0.15) is 20.8 Å². The molecule has 0 amide bonds. The number of amidine groups is 1. The normalized spacial score (nSPS) is 25.1. The zero-order valence-corrected chi connectivity index (χ0v) is 9.71. The van der Waals surface area contributed by atoms with Crippen molar-refractivity contribution in [3.05, 3.63) is 0 Å². The van der Waals surface area contributed by atoms with Gasteiger partial charge in [0, 0.05) is 13.5 Å². The molecule has 0 radical (unpaired) electrons. The van der Waals surface area contributed by atoms with E-state index in [0.29, 0.717) is 0 Å². The van der Waals surface area contributed by atoms with Crippen LogP contribution >= 0.6 is 0 Å². The molecule has 4 nitrogen and oxygen atoms in total. The molecule has 1 unspecified atom stereocenters. The van der Waals surface area contributed by atoms with Gasteiger partial charge in [0.15, 0.2) is 5.84 Å². The van der Waals surface area contributed by atoms with E-state index in [1.165, 1.54) is 19.7 Å². The van der Waals surface area contributed by atoms with Crippen LogP contribution in [0.25, 0.3) is 0 Å². The predicted octanol–water partition coefficient (Wildman–Crippen LogP) is 0.419. The molecule has 4 heteroatoms. The Balaban J connectivity index is 0.000000364. The first-order valence-electron chi connectivity index (χ1n) is 4.96. The van der Waals surface area contributed by atoms with Crippen LogP contribution in [-0.4, -0.2) is 49.3 Å². The average Bonchev–Trinajstić information content (AvgIpc) is 2.31. The highest BCUT2D eigenvalue weighted by Gasteiger charge is 2.28. The number of Topliss-reactive ketones (excluding diaryl/α,β-unsaturated/α-hetero) is 1. The summed E-state index contributed by atoms with van der Waals surface area (Å²) in [7, 11) is 2.19. The monoisotopic (exact) mass is 200 g/mol. The molecular weight excluding hydrogens is 178 g/mol. The van der Waals surface area contributed by atoms with Crippen molar-refractivity contribution >= 4 is 11.6 Å². The topological polar surface area (TPSA) is 55.5 Å². The first kappa shape index (κ1) is 13.3. The van der Waals surface area contributed by atoms with Gasteiger partial charge in [-0.15, -0.1) is 0 Å². The van der Waals surface area contributed by atoms with Gasteiger partial charge in [-0.25, -0.2) is 4.99 Å². The summed E-state index contributed by atoms with van der Waals surface area (Å²) in [5.41, 5.74) is 5.49. The Kier molecular flexibility index (Phi) is 5.57. The van der Waals surface area contributed by atoms with Crippen molar-refractivity contribution in [3.8, 4) is 0 Å². The summed E-state index contributed by atoms with van der Waals surface area (Å²) in [6, 6.07) is 0. The van der Waals surface area contributed by atoms with Crippen molar-refractivity contribution in [1.82, 2.24) is 0 Å². The second kappa shape index (κ2) is 5.88. The van der Waals surface area contributed by atoms with Gasteiger partial charge in [-0.1, -0.05) is 0 Å². The molecule has 1 rings (SSSR count). The molecule has 0 bridgehead atoms. The van der Waals surface area contributed by atoms with Crippen LogP contribution in [0.5, 0.6) is 0 Å². The van der Waals surface area contributed by atoms with Gasteiger partial charge < -0.3 is 10.5 Å². The van der Waals surface area contributed by atoms with Gasteiger partial charge >= 0.3 is 0 Å². The second-order valence-corrected chi connectivity index (χ2v) is 3.97. The highest BCUT2D eigenvalue weighted by Crippen LogP contribution is 2.09. The van der Waals surface area contributed by atoms with Crippen LogP contribution in [0.2, 0.25) is 0 Å². The quantitative estimate of drug-likeness (QED) is 0.657. The zero-order valence-electron chi connectivity index (χ0n) is 9.71. The van der Waals surface area contributed by atoms with Gasteiger partial charge in [0.1, 0.15) is 12.3 Å². The number of nitrogens with zero attached hydrogens (tertiary/aromatic N) is 2. The van der Waals surface area contributed by atoms with Crippen molar-refractivity contribution in [2.24, 2.45) is 10.7 Å². The summed E-state index contributed by atoms with van der Waals surface area (Å²) in [4.78, 5) is 13.8. The average molecular weight is 200 g/mol. The summed E-state index contributed by atoms with van der Waals surface area (Å²) in [5.74, 6) is 1.39. The largest absolute Gasteiger partial charge is 0.326 e. The molecule has 0 aliphatic carbocycles. The maximum atomic E-state index is 9.44. The predicted molar refractivity (Wildman–Crippen MR) is 59.3 cm³/mol. The molecule has 2 N–H and O–H groups in total. The van der Waals surface area contributed by atoms with E-state index in [0.717, 1.165) is 30.7 Å². The van der Waals surface area contributed by atoms with Crippen LogP contribution < -0.4 is 5.73 Å². The molecule has 1 aliphatic rings. The number of quaternary nitrogens is 1. The molecule has 1 aliphatic heterocycles. The standard InChI is InChI=1S/C7H16N3.C3H6O/c1-7-9-4-6-10(7,2)5-3-8;1-3(2)4/h3-6,8H2,1-2H3;1-2H3/q+1;. The molecule has 0 aromatic rings. The third kappa shape index (κ3) is 4.48. The molecule has 14 heavy (non-hydrogen) atoms. The fourth-order valence-electron chi connectivity index (χ4n) is 1.32. The maximum Gasteiger partial charge on any atom is 0.195 e. The Labute approximate surface area is 86.4 Å². The van der Waals surface area contributed by atoms with Crippen molar-refractivity contribution < 1.29 is 9.28 Å². The van der Waals surface area contributed by atoms with Crippen molar-refractivity contribution in [2.75, 3.05) is 33.2 Å². The number of rotatable bonds is 2. The molecular formula is C10H22N3O+. The lowest BCUT2D eigenvalue weighted by atomic mass is 10.4. The molecule has 0 fully saturated rings. The summed E-state index contributed by atoms with van der Waals surface area (Å²) < 4.78 is 0.955. The number of hydrogen-bond acceptors (Lipinski definition) is 3. The molecule has 0 saturated carbocycles. The minimum Gasteiger partial charge on any atom is -0.326 e. The smallest absolute Gasteiger partial charge is 0.195 e. The lowest BCUT2D eigenvalue weighted by molar-refractivity contribution is -0.812. The summed E-state index contributed by atoms with van der Waals surface area (Å²) in [6.45, 7) is 9.02. The third-order valence-corrected chi connectivity index (χ3v) is 2.34. The van der Waals surface area contributed by atoms with E-state index in [2.05, 4.69) is 19.0 Å². The highest BCUT2D eigenvalue weighted by molar-refractivity contribution is 5.73. The summed E-state index contributed by atoms with van der Waals surface area (Å²) in [6.07, 6.45) is 0. The Morgan fingerprint density at radius 3 is 2.36 bits per heavy atom. The van der Waals surface area contributed by atoms with Gasteiger partial charge in [-0.05, 0) is 13.8 Å². The van der Waals surface area contributed by atoms with Crippen molar-refractivity contribution in [1.29, 1.82) is 0 Å². The van der Waals surface area contributed by atoms with Gasteiger partial charge in [-0.2, -0.15) is 0 Å². The van der Waals surface area contributed by atoms with Crippen LogP contribution in [-0.2, 0) is 4.79 Å². The number of carbonyl (C=O) groups excluding carboxylic acids is 1. The molecule has 0 spiro atoms. The Morgan fingerprint density at radius 2 is 2.07 bits per heavy atom. The zero-order chi connectivity index (χ0) is 11.2. The van der Waals surface area contributed by atoms with Crippen molar-refractivity contribution in [2.45, 2.75) is 20.8 Å². The Hall–Kier alpha value is -0.740. The first-order valence-corrected chi connectivity index (χ1v) is 4.96. The Morgan fingerprint density at radius 1 is 1.57 bits per heavy atom. The molecule has 1 atom stereocenters. The fraction of sp³-hybridized carbons (Fsp3) is 0.800. The van der Waals surface area contributed by atoms with Crippen molar-refractivity contribution in [3.63, 3.8) is 0 Å². The van der Waals surface area contributed by atoms with Gasteiger partial charge in [0.2, 0.25) is 0 Å². The second-order valence-electron chi connectivity index (χ2n) is 3.97. The maximum absolute atomic E-state index is 9.44. The molecule has 0 aromatic carbocycles. The molecule has 82 valence electrons. The van der Waals surface area contributed by atoms with E-state index in [9.17, 15) is 4.79 Å². The van der Waals surface area contributed by atoms with E-state index in [4.69, 9.17) is 5.73 Å². The van der Waals surface area contributed by atoms with Crippen LogP contribution in [0.3, 0.4) is 0 Å². The van der Waals surface area contributed by atoms with Crippen LogP contribution in [0, 0.1) is 0 Å². The van der Waals surface area contributed by atoms with Gasteiger partial charge in [0.05, 0.1) is 20.1 Å². The molecule has 0 aromatic heterocycles. The van der Waals surface area contributed by atoms with E-state index in [1.807, 2.05) is 0 Å². The number of carbonyl (C=O) groups is 1. The number of nitrogens with two attached hydrogens (primary N) is 1. The SMILES string of the molecule is CC(C)=O.CC1=NCC[N+]1(C)CCN. The number of hydrogen-bond donors (Lipinski definition) is 1. The van der Waals surface area contributed by atoms with E-state index in [-0.39, 0.29) is 5.78 Å². The van der Waals surface area contributed by atoms with Crippen LogP contribution in [0.15, 0.2) is 4.99 Å². The summed E-state index contributed by atoms with van der Waals surface area (Å²) in [5, 5.41) is 0. The molecule has 0 saturated heterocycles. The number of likely N-dealkylation sites (N-methyl/N-ethyl adjacent to an activating group) is 1. The van der Waals surface area contributed by atoms with Crippen LogP contribution in [0.4, 0.5) is 0 Å². The minimum absolute atomic E-state index is 0.167. The summed E-state index contributed by atoms with van der Waals surface area (Å²) >= 11 is 0. The lowest BCUT2D eigenvalue weighted by Gasteiger charge is -2.27. The van der Waals surface area contributed by atoms with Gasteiger partial charge in [-0.3, -0.25) is 4.48 Å². The molecule has 1 heterocycles. The lowest BCUT2D eigenvalue weighted by Crippen LogP contribution is -2.48. The minimum atomic E-state index is 0.167. The van der Waals surface area contributed by atoms with E-state index in [1.54, 1.807) is 0 Å². The fourth-order valence-corrected chi connectivity index (χ4v) is 1.32. The number of ketones is 1. The third-order valence-electron chi connectivity index (χ3n) is 2.34. The Bertz CT molecular complexity index is 221. The van der Waals surface area contributed by atoms with Gasteiger partial charge in [0.25, 0.3) is 0 Å². The number of aliphatic imine (C=N–C) groups is 1. The van der Waals surface area contributed by atoms with E-state index >= 15 is 0 Å².